The van der Waals surface area contributed by atoms with Crippen LogP contribution in [0.1, 0.15) is 68.0 Å². The summed E-state index contributed by atoms with van der Waals surface area (Å²) in [5.74, 6) is 1.000. The van der Waals surface area contributed by atoms with Crippen molar-refractivity contribution in [1.29, 1.82) is 0 Å². The van der Waals surface area contributed by atoms with Crippen LogP contribution in [0, 0.1) is 5.92 Å². The van der Waals surface area contributed by atoms with E-state index in [9.17, 15) is 19.2 Å². The second-order valence-corrected chi connectivity index (χ2v) is 16.3. The number of nitrogens with one attached hydrogen (secondary N) is 4. The fraction of sp³-hybridized carbons (Fsp3) is 0.319. The summed E-state index contributed by atoms with van der Waals surface area (Å²) >= 11 is 0. The Bertz CT molecular complexity index is 2650. The lowest BCUT2D eigenvalue weighted by atomic mass is 9.98. The van der Waals surface area contributed by atoms with Crippen molar-refractivity contribution in [3.8, 4) is 33.6 Å². The molecule has 4 atom stereocenters. The van der Waals surface area contributed by atoms with E-state index in [4.69, 9.17) is 19.4 Å². The van der Waals surface area contributed by atoms with Crippen LogP contribution in [0.2, 0.25) is 0 Å². The number of nitrogens with zero attached hydrogens (tertiary/aromatic N) is 4. The first-order valence-corrected chi connectivity index (χ1v) is 20.8. The maximum Gasteiger partial charge on any atom is 0.407 e. The molecular formula is C47H48N8O6. The summed E-state index contributed by atoms with van der Waals surface area (Å²) in [4.78, 5) is 71.8. The highest BCUT2D eigenvalue weighted by atomic mass is 16.5. The fourth-order valence-electron chi connectivity index (χ4n) is 9.12. The number of carbonyl (C=O) groups excluding carboxylic acids is 4. The number of alkyl carbamates (subject to hydrolysis) is 2. The van der Waals surface area contributed by atoms with Crippen LogP contribution in [0.15, 0.2) is 91.3 Å². The van der Waals surface area contributed by atoms with E-state index in [1.54, 1.807) is 0 Å². The molecule has 14 nitrogen and oxygen atoms in total. The number of methoxy groups -OCH3 is 2. The largest absolute Gasteiger partial charge is 0.453 e. The molecular weight excluding hydrogens is 773 g/mol. The molecule has 0 unspecified atom stereocenters. The number of benzene rings is 4. The number of para-hydroxylation sites is 1. The third-order valence-corrected chi connectivity index (χ3v) is 12.3. The van der Waals surface area contributed by atoms with Crippen molar-refractivity contribution >= 4 is 40.5 Å². The predicted octanol–water partition coefficient (Wildman–Crippen LogP) is 7.63. The summed E-state index contributed by atoms with van der Waals surface area (Å²) < 4.78 is 9.59. The third kappa shape index (κ3) is 7.47. The van der Waals surface area contributed by atoms with Crippen LogP contribution in [-0.4, -0.2) is 81.7 Å². The second-order valence-electron chi connectivity index (χ2n) is 16.3. The molecule has 9 rings (SSSR count). The van der Waals surface area contributed by atoms with Gasteiger partial charge in [-0.15, -0.1) is 0 Å². The van der Waals surface area contributed by atoms with Gasteiger partial charge in [0, 0.05) is 18.5 Å². The van der Waals surface area contributed by atoms with Gasteiger partial charge in [-0.1, -0.05) is 80.6 Å². The van der Waals surface area contributed by atoms with Gasteiger partial charge in [0.15, 0.2) is 0 Å². The molecule has 1 fully saturated rings. The topological polar surface area (TPSA) is 175 Å². The zero-order valence-corrected chi connectivity index (χ0v) is 34.5. The van der Waals surface area contributed by atoms with Crippen LogP contribution in [0.4, 0.5) is 15.3 Å². The first-order valence-electron chi connectivity index (χ1n) is 20.8. The number of ether oxygens (including phenoxy) is 2. The minimum absolute atomic E-state index is 0.108. The van der Waals surface area contributed by atoms with E-state index in [2.05, 4.69) is 93.4 Å². The molecule has 4 N–H and O–H groups in total. The van der Waals surface area contributed by atoms with Crippen molar-refractivity contribution in [3.63, 3.8) is 0 Å². The molecule has 2 aromatic heterocycles. The molecule has 0 saturated carbocycles. The molecule has 0 radical (unpaired) electrons. The van der Waals surface area contributed by atoms with E-state index in [0.717, 1.165) is 79.9 Å². The maximum absolute atomic E-state index is 13.9. The average molecular weight is 821 g/mol. The SMILES string of the molecule is COC(=O)N[C@H]1CCc2cccc3c2N(C1=O)[C@H](c1ncc(-c2ccc(-c4ccc5cc(-c6cnc([C@@H]7CCCN7C(=O)[C@@H](NC(=O)OC)C(C)C)[nH]6)ccc5c4)cc2)[nH]1)C3. The molecule has 14 heteroatoms. The van der Waals surface area contributed by atoms with Gasteiger partial charge >= 0.3 is 12.2 Å². The van der Waals surface area contributed by atoms with Crippen molar-refractivity contribution in [2.24, 2.45) is 5.92 Å². The summed E-state index contributed by atoms with van der Waals surface area (Å²) in [7, 11) is 2.59. The standard InChI is InChI=1S/C47H48N8O6/c1-26(2)40(53-47(59)61-4)45(57)54-20-6-9-38(54)42-48-25-37(51-42)33-17-16-31-21-30(14-15-32(31)22-33)27-10-12-28(13-11-27)36-24-49-43(50-36)39-23-34-8-5-7-29-18-19-35(52-46(58)60-3)44(56)55(39)41(29)34/h5,7-8,10-17,21-22,24-26,35,38-40H,6,9,18-20,23H2,1-4H3,(H,48,51)(H,49,50)(H,52,58)(H,53,59)/t35-,38-,39-,40-/m0/s1. The number of anilines is 1. The van der Waals surface area contributed by atoms with Gasteiger partial charge in [-0.05, 0) is 82.3 Å². The summed E-state index contributed by atoms with van der Waals surface area (Å²) in [6, 6.07) is 25.3. The van der Waals surface area contributed by atoms with Gasteiger partial charge in [-0.2, -0.15) is 0 Å². The van der Waals surface area contributed by atoms with Crippen LogP contribution < -0.4 is 15.5 Å². The number of amides is 4. The number of carbonyl (C=O) groups is 4. The summed E-state index contributed by atoms with van der Waals surface area (Å²) in [6.07, 6.45) is 5.78. The molecule has 3 aliphatic rings. The quantitative estimate of drug-likeness (QED) is 0.115. The lowest BCUT2D eigenvalue weighted by molar-refractivity contribution is -0.135. The zero-order valence-electron chi connectivity index (χ0n) is 34.5. The van der Waals surface area contributed by atoms with Crippen LogP contribution in [0.5, 0.6) is 0 Å². The van der Waals surface area contributed by atoms with Crippen LogP contribution in [0.3, 0.4) is 0 Å². The van der Waals surface area contributed by atoms with Gasteiger partial charge < -0.3 is 35.0 Å². The molecule has 1 saturated heterocycles. The molecule has 6 aromatic rings. The normalized spacial score (nSPS) is 18.8. The van der Waals surface area contributed by atoms with E-state index in [0.29, 0.717) is 31.6 Å². The van der Waals surface area contributed by atoms with Crippen molar-refractivity contribution in [1.82, 2.24) is 35.5 Å². The monoisotopic (exact) mass is 820 g/mol. The zero-order chi connectivity index (χ0) is 42.4. The number of H-pyrrole nitrogens is 2. The van der Waals surface area contributed by atoms with E-state index in [-0.39, 0.29) is 29.8 Å². The molecule has 3 aliphatic heterocycles. The Morgan fingerprint density at radius 2 is 1.38 bits per heavy atom. The Balaban J connectivity index is 0.895. The first-order chi connectivity index (χ1) is 29.6. The number of fused-ring (bicyclic) bond motifs is 1. The van der Waals surface area contributed by atoms with Gasteiger partial charge in [0.05, 0.1) is 55.8 Å². The number of hydrogen-bond acceptors (Lipinski definition) is 8. The molecule has 61 heavy (non-hydrogen) atoms. The second kappa shape index (κ2) is 16.2. The number of likely N-dealkylation sites (tertiary alicyclic amines) is 1. The van der Waals surface area contributed by atoms with Crippen molar-refractivity contribution < 1.29 is 28.7 Å². The number of hydrogen-bond donors (Lipinski definition) is 4. The Labute approximate surface area is 353 Å². The summed E-state index contributed by atoms with van der Waals surface area (Å²) in [6.45, 7) is 4.40. The predicted molar refractivity (Wildman–Crippen MR) is 230 cm³/mol. The number of aryl methyl sites for hydroxylation is 1. The van der Waals surface area contributed by atoms with Gasteiger partial charge in [-0.25, -0.2) is 19.6 Å². The molecule has 4 aromatic carbocycles. The van der Waals surface area contributed by atoms with Crippen LogP contribution in [-0.2, 0) is 31.9 Å². The third-order valence-electron chi connectivity index (χ3n) is 12.3. The average Bonchev–Trinajstić information content (AvgIpc) is 4.11. The number of imidazole rings is 2. The Morgan fingerprint density at radius 3 is 2.08 bits per heavy atom. The number of aromatic nitrogens is 4. The Hall–Kier alpha value is -6.96. The number of aromatic amines is 2. The number of rotatable bonds is 9. The first kappa shape index (κ1) is 39.5. The van der Waals surface area contributed by atoms with Crippen molar-refractivity contribution in [2.45, 2.75) is 70.1 Å². The lowest BCUT2D eigenvalue weighted by Crippen LogP contribution is -2.51. The minimum atomic E-state index is -0.700. The highest BCUT2D eigenvalue weighted by Crippen LogP contribution is 2.45. The molecule has 0 spiro atoms. The van der Waals surface area contributed by atoms with E-state index >= 15 is 0 Å². The van der Waals surface area contributed by atoms with Gasteiger partial charge in [-0.3, -0.25) is 14.5 Å². The molecule has 0 aliphatic carbocycles. The Kier molecular flexibility index (Phi) is 10.5. The van der Waals surface area contributed by atoms with E-state index in [1.165, 1.54) is 14.2 Å². The minimum Gasteiger partial charge on any atom is -0.453 e. The highest BCUT2D eigenvalue weighted by molar-refractivity contribution is 6.02. The Morgan fingerprint density at radius 1 is 0.754 bits per heavy atom. The highest BCUT2D eigenvalue weighted by Gasteiger charge is 2.43. The van der Waals surface area contributed by atoms with Crippen molar-refractivity contribution in [3.05, 3.63) is 114 Å². The molecule has 0 bridgehead atoms. The van der Waals surface area contributed by atoms with E-state index < -0.39 is 24.3 Å². The fourth-order valence-corrected chi connectivity index (χ4v) is 9.12. The van der Waals surface area contributed by atoms with Gasteiger partial charge in [0.25, 0.3) is 0 Å². The van der Waals surface area contributed by atoms with Crippen molar-refractivity contribution in [2.75, 3.05) is 25.7 Å². The summed E-state index contributed by atoms with van der Waals surface area (Å²) in [5, 5.41) is 7.63. The van der Waals surface area contributed by atoms with Crippen LogP contribution in [0.25, 0.3) is 44.4 Å². The van der Waals surface area contributed by atoms with E-state index in [1.807, 2.05) is 42.1 Å². The molecule has 4 amide bonds. The van der Waals surface area contributed by atoms with Crippen LogP contribution >= 0.6 is 0 Å². The summed E-state index contributed by atoms with van der Waals surface area (Å²) in [5.41, 5.74) is 8.93. The van der Waals surface area contributed by atoms with Gasteiger partial charge in [0.1, 0.15) is 23.7 Å². The van der Waals surface area contributed by atoms with Gasteiger partial charge in [0.2, 0.25) is 11.8 Å². The molecule has 5 heterocycles. The lowest BCUT2D eigenvalue weighted by Gasteiger charge is -2.30. The smallest absolute Gasteiger partial charge is 0.407 e. The molecule has 312 valence electrons. The maximum atomic E-state index is 13.9.